The lowest BCUT2D eigenvalue weighted by Crippen LogP contribution is -2.44. The molecule has 196 valence electrons. The van der Waals surface area contributed by atoms with Crippen LogP contribution in [0.15, 0.2) is 35.4 Å². The number of amides is 1. The number of carbonyl (C=O) groups is 1. The number of carbonyl (C=O) groups excluding carboxylic acids is 1. The van der Waals surface area contributed by atoms with Crippen LogP contribution in [0.3, 0.4) is 0 Å². The average molecular weight is 500 g/mol. The van der Waals surface area contributed by atoms with Gasteiger partial charge in [-0.3, -0.25) is 9.80 Å². The topological polar surface area (TPSA) is 90.9 Å². The van der Waals surface area contributed by atoms with E-state index in [1.54, 1.807) is 46.8 Å². The minimum atomic E-state index is -0.390. The van der Waals surface area contributed by atoms with Gasteiger partial charge in [-0.05, 0) is 49.4 Å². The van der Waals surface area contributed by atoms with Crippen LogP contribution in [0.25, 0.3) is 0 Å². The van der Waals surface area contributed by atoms with Crippen molar-refractivity contribution in [3.8, 4) is 28.7 Å². The summed E-state index contributed by atoms with van der Waals surface area (Å²) in [6.45, 7) is 5.40. The first-order valence-corrected chi connectivity index (χ1v) is 12.1. The molecular formula is C27H37N3O6. The van der Waals surface area contributed by atoms with Gasteiger partial charge in [-0.25, -0.2) is 0 Å². The van der Waals surface area contributed by atoms with Crippen molar-refractivity contribution in [2.24, 2.45) is 11.0 Å². The molecule has 1 atom stereocenters. The highest BCUT2D eigenvalue weighted by Crippen LogP contribution is 2.38. The Kier molecular flexibility index (Phi) is 9.67. The van der Waals surface area contributed by atoms with Gasteiger partial charge in [0.25, 0.3) is 0 Å². The summed E-state index contributed by atoms with van der Waals surface area (Å²) >= 11 is 0. The molecule has 0 bridgehead atoms. The SMILES string of the molecule is COc1ccc(NC(=O)C2CCCCN2/N=C/c2cc(OC)c(OC)c(OC)c2)cc1OCC(C)C. The predicted octanol–water partition coefficient (Wildman–Crippen LogP) is 4.58. The van der Waals surface area contributed by atoms with E-state index in [-0.39, 0.29) is 11.9 Å². The Hall–Kier alpha value is -3.62. The van der Waals surface area contributed by atoms with Gasteiger partial charge in [-0.2, -0.15) is 5.10 Å². The lowest BCUT2D eigenvalue weighted by molar-refractivity contribution is -0.122. The van der Waals surface area contributed by atoms with Crippen LogP contribution in [0.4, 0.5) is 5.69 Å². The zero-order valence-corrected chi connectivity index (χ0v) is 22.0. The summed E-state index contributed by atoms with van der Waals surface area (Å²) < 4.78 is 27.5. The van der Waals surface area contributed by atoms with Gasteiger partial charge < -0.3 is 29.0 Å². The zero-order valence-electron chi connectivity index (χ0n) is 22.0. The van der Waals surface area contributed by atoms with Gasteiger partial charge in [0.05, 0.1) is 41.3 Å². The number of methoxy groups -OCH3 is 4. The number of benzene rings is 2. The van der Waals surface area contributed by atoms with Crippen LogP contribution < -0.4 is 29.0 Å². The Morgan fingerprint density at radius 2 is 1.69 bits per heavy atom. The van der Waals surface area contributed by atoms with Crippen LogP contribution in [0.5, 0.6) is 28.7 Å². The van der Waals surface area contributed by atoms with E-state index in [2.05, 4.69) is 24.3 Å². The molecule has 0 saturated carbocycles. The van der Waals surface area contributed by atoms with Crippen molar-refractivity contribution >= 4 is 17.8 Å². The maximum atomic E-state index is 13.3. The van der Waals surface area contributed by atoms with Crippen LogP contribution in [-0.2, 0) is 4.79 Å². The van der Waals surface area contributed by atoms with E-state index in [0.29, 0.717) is 59.9 Å². The summed E-state index contributed by atoms with van der Waals surface area (Å²) in [6.07, 6.45) is 4.35. The minimum Gasteiger partial charge on any atom is -0.493 e. The number of ether oxygens (including phenoxy) is 5. The molecule has 9 nitrogen and oxygen atoms in total. The molecule has 0 aliphatic carbocycles. The van der Waals surface area contributed by atoms with E-state index in [1.807, 2.05) is 23.2 Å². The normalized spacial score (nSPS) is 15.6. The second-order valence-electron chi connectivity index (χ2n) is 8.94. The first kappa shape index (κ1) is 27.0. The summed E-state index contributed by atoms with van der Waals surface area (Å²) in [4.78, 5) is 13.3. The van der Waals surface area contributed by atoms with Crippen LogP contribution >= 0.6 is 0 Å². The van der Waals surface area contributed by atoms with Crippen LogP contribution in [-0.4, -0.2) is 64.8 Å². The highest BCUT2D eigenvalue weighted by atomic mass is 16.5. The van der Waals surface area contributed by atoms with Gasteiger partial charge in [0.1, 0.15) is 6.04 Å². The minimum absolute atomic E-state index is 0.114. The van der Waals surface area contributed by atoms with E-state index in [9.17, 15) is 4.79 Å². The highest BCUT2D eigenvalue weighted by Gasteiger charge is 2.28. The number of nitrogens with zero attached hydrogens (tertiary/aromatic N) is 2. The Bertz CT molecular complexity index is 1030. The average Bonchev–Trinajstić information content (AvgIpc) is 2.90. The molecule has 1 N–H and O–H groups in total. The summed E-state index contributed by atoms with van der Waals surface area (Å²) in [5.41, 5.74) is 1.43. The highest BCUT2D eigenvalue weighted by molar-refractivity contribution is 5.95. The Balaban J connectivity index is 1.76. The fourth-order valence-electron chi connectivity index (χ4n) is 3.99. The number of rotatable bonds is 11. The van der Waals surface area contributed by atoms with Gasteiger partial charge >= 0.3 is 0 Å². The van der Waals surface area contributed by atoms with Gasteiger partial charge in [0.15, 0.2) is 23.0 Å². The molecule has 1 saturated heterocycles. The second-order valence-corrected chi connectivity index (χ2v) is 8.94. The molecule has 1 heterocycles. The summed E-state index contributed by atoms with van der Waals surface area (Å²) in [5.74, 6) is 3.09. The number of anilines is 1. The molecule has 1 fully saturated rings. The summed E-state index contributed by atoms with van der Waals surface area (Å²) in [5, 5.41) is 9.51. The maximum Gasteiger partial charge on any atom is 0.248 e. The van der Waals surface area contributed by atoms with Crippen molar-refractivity contribution in [1.29, 1.82) is 0 Å². The predicted molar refractivity (Wildman–Crippen MR) is 140 cm³/mol. The molecule has 36 heavy (non-hydrogen) atoms. The van der Waals surface area contributed by atoms with Crippen molar-refractivity contribution in [3.05, 3.63) is 35.9 Å². The van der Waals surface area contributed by atoms with Crippen molar-refractivity contribution in [1.82, 2.24) is 5.01 Å². The van der Waals surface area contributed by atoms with Crippen LogP contribution in [0.2, 0.25) is 0 Å². The third-order valence-corrected chi connectivity index (χ3v) is 5.82. The Morgan fingerprint density at radius 3 is 2.31 bits per heavy atom. The number of hydrazone groups is 1. The Labute approximate surface area is 213 Å². The molecule has 3 rings (SSSR count). The van der Waals surface area contributed by atoms with Crippen molar-refractivity contribution in [3.63, 3.8) is 0 Å². The van der Waals surface area contributed by atoms with E-state index >= 15 is 0 Å². The van der Waals surface area contributed by atoms with Crippen molar-refractivity contribution in [2.75, 3.05) is 46.9 Å². The van der Waals surface area contributed by atoms with E-state index in [1.165, 1.54) is 0 Å². The molecule has 1 amide bonds. The molecule has 0 radical (unpaired) electrons. The number of hydrogen-bond acceptors (Lipinski definition) is 8. The van der Waals surface area contributed by atoms with Gasteiger partial charge in [-0.1, -0.05) is 13.8 Å². The molecular weight excluding hydrogens is 462 g/mol. The molecule has 2 aromatic carbocycles. The largest absolute Gasteiger partial charge is 0.493 e. The monoisotopic (exact) mass is 499 g/mol. The first-order valence-electron chi connectivity index (χ1n) is 12.1. The van der Waals surface area contributed by atoms with Gasteiger partial charge in [-0.15, -0.1) is 0 Å². The van der Waals surface area contributed by atoms with Crippen LogP contribution in [0, 0.1) is 5.92 Å². The summed E-state index contributed by atoms with van der Waals surface area (Å²) in [6, 6.07) is 8.66. The van der Waals surface area contributed by atoms with Gasteiger partial charge in [0, 0.05) is 23.9 Å². The molecule has 0 spiro atoms. The number of piperidine rings is 1. The van der Waals surface area contributed by atoms with E-state index < -0.39 is 0 Å². The van der Waals surface area contributed by atoms with Crippen molar-refractivity contribution in [2.45, 2.75) is 39.2 Å². The standard InChI is InChI=1S/C27H37N3O6/c1-18(2)17-36-23-15-20(10-11-22(23)32-3)29-27(31)21-9-7-8-12-30(21)28-16-19-13-24(33-4)26(35-6)25(14-19)34-5/h10-11,13-16,18,21H,7-9,12,17H2,1-6H3,(H,29,31)/b28-16+. The van der Waals surface area contributed by atoms with Crippen LogP contribution in [0.1, 0.15) is 38.7 Å². The molecule has 0 aromatic heterocycles. The molecule has 2 aromatic rings. The smallest absolute Gasteiger partial charge is 0.248 e. The fourth-order valence-corrected chi connectivity index (χ4v) is 3.99. The lowest BCUT2D eigenvalue weighted by atomic mass is 10.0. The molecule has 1 aliphatic heterocycles. The lowest BCUT2D eigenvalue weighted by Gasteiger charge is -2.32. The zero-order chi connectivity index (χ0) is 26.1. The quantitative estimate of drug-likeness (QED) is 0.453. The number of nitrogens with one attached hydrogen (secondary N) is 1. The summed E-state index contributed by atoms with van der Waals surface area (Å²) in [7, 11) is 6.30. The number of hydrogen-bond donors (Lipinski definition) is 1. The van der Waals surface area contributed by atoms with E-state index in [0.717, 1.165) is 18.4 Å². The molecule has 9 heteroatoms. The van der Waals surface area contributed by atoms with E-state index in [4.69, 9.17) is 23.7 Å². The molecule has 1 unspecified atom stereocenters. The Morgan fingerprint density at radius 1 is 1.00 bits per heavy atom. The third kappa shape index (κ3) is 6.74. The molecule has 1 aliphatic rings. The third-order valence-electron chi connectivity index (χ3n) is 5.82. The van der Waals surface area contributed by atoms with Crippen molar-refractivity contribution < 1.29 is 28.5 Å². The second kappa shape index (κ2) is 12.9. The van der Waals surface area contributed by atoms with Gasteiger partial charge in [0.2, 0.25) is 11.7 Å². The fraction of sp³-hybridized carbons (Fsp3) is 0.481. The first-order chi connectivity index (χ1) is 17.4. The maximum absolute atomic E-state index is 13.3.